The number of esters is 2. The number of carbonyl (C=O) groups is 2. The summed E-state index contributed by atoms with van der Waals surface area (Å²) < 4.78 is 4.77. The first-order chi connectivity index (χ1) is 7.27. The quantitative estimate of drug-likeness (QED) is 0.333. The van der Waals surface area contributed by atoms with Gasteiger partial charge in [0, 0.05) is 0 Å². The molecule has 0 unspecified atom stereocenters. The Balaban J connectivity index is 1.88. The van der Waals surface area contributed by atoms with E-state index in [4.69, 9.17) is 4.74 Å². The van der Waals surface area contributed by atoms with Crippen LogP contribution in [0.5, 0.6) is 0 Å². The van der Waals surface area contributed by atoms with Crippen molar-refractivity contribution in [2.24, 2.45) is 35.5 Å². The molecular weight excluding hydrogens is 192 g/mol. The lowest BCUT2D eigenvalue weighted by Crippen LogP contribution is -2.50. The second-order valence-electron chi connectivity index (χ2n) is 4.87. The molecule has 1 aliphatic heterocycles. The third-order valence-corrected chi connectivity index (χ3v) is 4.41. The van der Waals surface area contributed by atoms with E-state index in [2.05, 4.69) is 24.3 Å². The molecule has 1 saturated carbocycles. The first-order valence-electron chi connectivity index (χ1n) is 5.39. The molecule has 2 bridgehead atoms. The molecule has 0 spiro atoms. The lowest BCUT2D eigenvalue weighted by Gasteiger charge is -2.51. The highest BCUT2D eigenvalue weighted by atomic mass is 16.6. The van der Waals surface area contributed by atoms with Gasteiger partial charge in [-0.2, -0.15) is 0 Å². The van der Waals surface area contributed by atoms with Crippen LogP contribution in [0.4, 0.5) is 0 Å². The Morgan fingerprint density at radius 3 is 1.53 bits per heavy atom. The van der Waals surface area contributed by atoms with Gasteiger partial charge in [0.25, 0.3) is 0 Å². The van der Waals surface area contributed by atoms with Crippen molar-refractivity contribution in [1.82, 2.24) is 0 Å². The van der Waals surface area contributed by atoms with E-state index in [9.17, 15) is 9.59 Å². The van der Waals surface area contributed by atoms with Crippen LogP contribution < -0.4 is 0 Å². The Morgan fingerprint density at radius 1 is 0.733 bits per heavy atom. The second kappa shape index (κ2) is 2.23. The van der Waals surface area contributed by atoms with Gasteiger partial charge in [0.15, 0.2) is 0 Å². The molecule has 1 saturated heterocycles. The number of rotatable bonds is 0. The molecule has 0 aromatic rings. The van der Waals surface area contributed by atoms with Gasteiger partial charge in [-0.15, -0.1) is 0 Å². The summed E-state index contributed by atoms with van der Waals surface area (Å²) in [6.45, 7) is 0. The SMILES string of the molecule is O=C1OC(=O)[C@H]2[C@H]3C=C[C@@H]([C@H]4C=C[C@H]43)[C@@H]12. The first-order valence-corrected chi connectivity index (χ1v) is 5.39. The van der Waals surface area contributed by atoms with Gasteiger partial charge >= 0.3 is 11.9 Å². The Kier molecular flexibility index (Phi) is 1.17. The molecule has 0 radical (unpaired) electrons. The van der Waals surface area contributed by atoms with E-state index < -0.39 is 0 Å². The predicted octanol–water partition coefficient (Wildman–Crippen LogP) is 0.920. The molecule has 0 N–H and O–H groups in total. The lowest BCUT2D eigenvalue weighted by molar-refractivity contribution is -0.154. The van der Waals surface area contributed by atoms with Gasteiger partial charge in [-0.3, -0.25) is 9.59 Å². The van der Waals surface area contributed by atoms with E-state index in [0.717, 1.165) is 0 Å². The summed E-state index contributed by atoms with van der Waals surface area (Å²) in [6.07, 6.45) is 8.54. The number of ether oxygens (including phenoxy) is 1. The van der Waals surface area contributed by atoms with Gasteiger partial charge in [0.1, 0.15) is 0 Å². The first kappa shape index (κ1) is 7.85. The fourth-order valence-electron chi connectivity index (χ4n) is 3.69. The van der Waals surface area contributed by atoms with Crippen LogP contribution in [0.2, 0.25) is 0 Å². The number of allylic oxidation sites excluding steroid dienone is 4. The van der Waals surface area contributed by atoms with Crippen molar-refractivity contribution in [3.8, 4) is 0 Å². The van der Waals surface area contributed by atoms with Crippen LogP contribution in [-0.4, -0.2) is 11.9 Å². The third kappa shape index (κ3) is 0.715. The summed E-state index contributed by atoms with van der Waals surface area (Å²) in [5.41, 5.74) is 0. The summed E-state index contributed by atoms with van der Waals surface area (Å²) in [5.74, 6) is 0.353. The summed E-state index contributed by atoms with van der Waals surface area (Å²) in [6, 6.07) is 0. The van der Waals surface area contributed by atoms with E-state index in [1.54, 1.807) is 0 Å². The molecule has 1 heterocycles. The van der Waals surface area contributed by atoms with Crippen molar-refractivity contribution in [3.63, 3.8) is 0 Å². The van der Waals surface area contributed by atoms with Crippen LogP contribution in [0, 0.1) is 35.5 Å². The zero-order valence-corrected chi connectivity index (χ0v) is 8.00. The summed E-state index contributed by atoms with van der Waals surface area (Å²) in [4.78, 5) is 23.2. The molecule has 76 valence electrons. The highest BCUT2D eigenvalue weighted by Gasteiger charge is 2.61. The summed E-state index contributed by atoms with van der Waals surface area (Å²) >= 11 is 0. The molecule has 0 aromatic carbocycles. The van der Waals surface area contributed by atoms with Gasteiger partial charge in [-0.05, 0) is 23.7 Å². The molecule has 5 rings (SSSR count). The van der Waals surface area contributed by atoms with Crippen LogP contribution in [0.25, 0.3) is 0 Å². The van der Waals surface area contributed by atoms with Crippen molar-refractivity contribution in [2.75, 3.05) is 0 Å². The highest BCUT2D eigenvalue weighted by molar-refractivity contribution is 5.97. The van der Waals surface area contributed by atoms with Crippen LogP contribution in [0.3, 0.4) is 0 Å². The summed E-state index contributed by atoms with van der Waals surface area (Å²) in [5, 5.41) is 0. The molecule has 3 nitrogen and oxygen atoms in total. The van der Waals surface area contributed by atoms with Crippen LogP contribution in [0.15, 0.2) is 24.3 Å². The minimum Gasteiger partial charge on any atom is -0.393 e. The van der Waals surface area contributed by atoms with Gasteiger partial charge in [-0.1, -0.05) is 24.3 Å². The normalized spacial score (nSPS) is 53.6. The van der Waals surface area contributed by atoms with Gasteiger partial charge < -0.3 is 4.74 Å². The highest BCUT2D eigenvalue weighted by Crippen LogP contribution is 2.58. The molecule has 5 aliphatic rings. The van der Waals surface area contributed by atoms with Gasteiger partial charge in [0.05, 0.1) is 11.8 Å². The van der Waals surface area contributed by atoms with Gasteiger partial charge in [0.2, 0.25) is 0 Å². The third-order valence-electron chi connectivity index (χ3n) is 4.41. The summed E-state index contributed by atoms with van der Waals surface area (Å²) in [7, 11) is 0. The molecule has 3 heteroatoms. The standard InChI is InChI=1S/C12H10O3/c13-11-9-7-3-4-8(6-2-1-5(6)7)10(9)12(14)15-11/h1-10H/t5-,6+,7-,8-,9+,10-/m0/s1. The molecule has 4 aliphatic carbocycles. The molecule has 6 atom stereocenters. The van der Waals surface area contributed by atoms with Crippen molar-refractivity contribution in [3.05, 3.63) is 24.3 Å². The minimum atomic E-state index is -0.303. The maximum Gasteiger partial charge on any atom is 0.318 e. The molecular formula is C12H10O3. The molecule has 0 amide bonds. The van der Waals surface area contributed by atoms with E-state index in [0.29, 0.717) is 11.8 Å². The monoisotopic (exact) mass is 202 g/mol. The van der Waals surface area contributed by atoms with Crippen LogP contribution >= 0.6 is 0 Å². The maximum atomic E-state index is 11.6. The zero-order valence-electron chi connectivity index (χ0n) is 8.00. The van der Waals surface area contributed by atoms with E-state index in [1.165, 1.54) is 0 Å². The van der Waals surface area contributed by atoms with Crippen molar-refractivity contribution in [2.45, 2.75) is 0 Å². The topological polar surface area (TPSA) is 43.4 Å². The largest absolute Gasteiger partial charge is 0.393 e. The predicted molar refractivity (Wildman–Crippen MR) is 50.3 cm³/mol. The van der Waals surface area contributed by atoms with Crippen molar-refractivity contribution >= 4 is 11.9 Å². The number of hydrogen-bond donors (Lipinski definition) is 0. The number of carbonyl (C=O) groups excluding carboxylic acids is 2. The fraction of sp³-hybridized carbons (Fsp3) is 0.500. The van der Waals surface area contributed by atoms with E-state index in [-0.39, 0.29) is 35.6 Å². The Labute approximate surface area is 86.8 Å². The Morgan fingerprint density at radius 2 is 1.13 bits per heavy atom. The van der Waals surface area contributed by atoms with Crippen LogP contribution in [0.1, 0.15) is 0 Å². The number of hydrogen-bond acceptors (Lipinski definition) is 3. The average Bonchev–Trinajstić information content (AvgIpc) is 2.44. The number of cyclic esters (lactones) is 2. The Hall–Kier alpha value is -1.38. The van der Waals surface area contributed by atoms with Crippen molar-refractivity contribution < 1.29 is 14.3 Å². The van der Waals surface area contributed by atoms with Crippen molar-refractivity contribution in [1.29, 1.82) is 0 Å². The molecule has 0 aromatic heterocycles. The molecule has 15 heavy (non-hydrogen) atoms. The minimum absolute atomic E-state index is 0.196. The van der Waals surface area contributed by atoms with E-state index >= 15 is 0 Å². The average molecular weight is 202 g/mol. The second-order valence-corrected chi connectivity index (χ2v) is 4.87. The fourth-order valence-corrected chi connectivity index (χ4v) is 3.69. The van der Waals surface area contributed by atoms with E-state index in [1.807, 2.05) is 0 Å². The molecule has 2 fully saturated rings. The van der Waals surface area contributed by atoms with Crippen LogP contribution in [-0.2, 0) is 14.3 Å². The maximum absolute atomic E-state index is 11.6. The zero-order chi connectivity index (χ0) is 10.2. The van der Waals surface area contributed by atoms with Gasteiger partial charge in [-0.25, -0.2) is 0 Å². The lowest BCUT2D eigenvalue weighted by atomic mass is 9.50. The Bertz CT molecular complexity index is 396. The smallest absolute Gasteiger partial charge is 0.318 e.